The standard InChI is InChI=1S/C22H18ClN3O3S2/c1-14-7-9-16(10-8-14)25-21(27)17-11-20-19(12-18(17)23)30-22(26-31(20,28)29)24-13-15-5-3-2-4-6-15/h2-12H,13H2,1H3,(H,24,26)(H,25,27). The molecule has 0 atom stereocenters. The number of aryl methyl sites for hydroxylation is 1. The molecule has 1 amide bonds. The van der Waals surface area contributed by atoms with Crippen LogP contribution in [0.15, 0.2) is 81.5 Å². The van der Waals surface area contributed by atoms with Gasteiger partial charge in [0, 0.05) is 10.6 Å². The monoisotopic (exact) mass is 471 g/mol. The highest BCUT2D eigenvalue weighted by atomic mass is 35.5. The third-order valence-electron chi connectivity index (χ3n) is 4.55. The fraction of sp³-hybridized carbons (Fsp3) is 0.0909. The van der Waals surface area contributed by atoms with Gasteiger partial charge in [0.05, 0.1) is 17.1 Å². The van der Waals surface area contributed by atoms with Gasteiger partial charge in [-0.15, -0.1) is 0 Å². The topological polar surface area (TPSA) is 87.6 Å². The summed E-state index contributed by atoms with van der Waals surface area (Å²) in [6, 6.07) is 19.6. The van der Waals surface area contributed by atoms with Gasteiger partial charge in [-0.3, -0.25) is 14.5 Å². The Balaban J connectivity index is 1.60. The number of aliphatic imine (C=N–C) groups is 1. The minimum atomic E-state index is -3.89. The van der Waals surface area contributed by atoms with Crippen molar-refractivity contribution in [3.05, 3.63) is 88.4 Å². The number of fused-ring (bicyclic) bond motifs is 1. The number of amidine groups is 1. The minimum absolute atomic E-state index is 0.00498. The van der Waals surface area contributed by atoms with Gasteiger partial charge in [-0.1, -0.05) is 71.4 Å². The van der Waals surface area contributed by atoms with E-state index in [4.69, 9.17) is 11.6 Å². The fourth-order valence-corrected chi connectivity index (χ4v) is 5.88. The number of halogens is 1. The number of amides is 1. The molecule has 31 heavy (non-hydrogen) atoms. The van der Waals surface area contributed by atoms with Gasteiger partial charge in [0.15, 0.2) is 5.17 Å². The molecule has 0 bridgehead atoms. The summed E-state index contributed by atoms with van der Waals surface area (Å²) in [5, 5.41) is 3.15. The first-order valence-electron chi connectivity index (χ1n) is 9.32. The van der Waals surface area contributed by atoms with Gasteiger partial charge >= 0.3 is 0 Å². The molecule has 2 N–H and O–H groups in total. The van der Waals surface area contributed by atoms with Gasteiger partial charge < -0.3 is 5.32 Å². The molecule has 0 saturated heterocycles. The van der Waals surface area contributed by atoms with Crippen molar-refractivity contribution >= 4 is 50.1 Å². The highest BCUT2D eigenvalue weighted by molar-refractivity contribution is 8.16. The second-order valence-electron chi connectivity index (χ2n) is 6.91. The molecule has 1 aliphatic heterocycles. The zero-order valence-corrected chi connectivity index (χ0v) is 18.8. The number of benzene rings is 3. The number of carbonyl (C=O) groups is 1. The van der Waals surface area contributed by atoms with E-state index < -0.39 is 15.9 Å². The molecule has 0 aromatic heterocycles. The maximum atomic E-state index is 12.8. The van der Waals surface area contributed by atoms with Gasteiger partial charge in [0.25, 0.3) is 15.9 Å². The number of hydrogen-bond donors (Lipinski definition) is 2. The molecular weight excluding hydrogens is 454 g/mol. The van der Waals surface area contributed by atoms with E-state index in [-0.39, 0.29) is 20.6 Å². The van der Waals surface area contributed by atoms with Crippen molar-refractivity contribution in [3.8, 4) is 0 Å². The van der Waals surface area contributed by atoms with E-state index in [0.29, 0.717) is 17.1 Å². The summed E-state index contributed by atoms with van der Waals surface area (Å²) in [6.07, 6.45) is 0. The predicted molar refractivity (Wildman–Crippen MR) is 124 cm³/mol. The highest BCUT2D eigenvalue weighted by Gasteiger charge is 2.30. The van der Waals surface area contributed by atoms with Gasteiger partial charge in [-0.2, -0.15) is 0 Å². The van der Waals surface area contributed by atoms with Crippen molar-refractivity contribution in [2.75, 3.05) is 5.32 Å². The maximum absolute atomic E-state index is 12.8. The molecule has 6 nitrogen and oxygen atoms in total. The Morgan fingerprint density at radius 3 is 2.52 bits per heavy atom. The molecule has 9 heteroatoms. The number of rotatable bonds is 4. The fourth-order valence-electron chi connectivity index (χ4n) is 2.94. The van der Waals surface area contributed by atoms with Gasteiger partial charge in [-0.25, -0.2) is 8.42 Å². The summed E-state index contributed by atoms with van der Waals surface area (Å²) in [4.78, 5) is 17.5. The Bertz CT molecular complexity index is 1280. The van der Waals surface area contributed by atoms with E-state index in [9.17, 15) is 13.2 Å². The Kier molecular flexibility index (Phi) is 6.04. The van der Waals surface area contributed by atoms with E-state index >= 15 is 0 Å². The lowest BCUT2D eigenvalue weighted by Gasteiger charge is -2.20. The van der Waals surface area contributed by atoms with Crippen LogP contribution in [0.25, 0.3) is 0 Å². The lowest BCUT2D eigenvalue weighted by molar-refractivity contribution is 0.102. The van der Waals surface area contributed by atoms with E-state index in [1.807, 2.05) is 49.4 Å². The van der Waals surface area contributed by atoms with Crippen molar-refractivity contribution < 1.29 is 13.2 Å². The van der Waals surface area contributed by atoms with Crippen LogP contribution in [0.1, 0.15) is 21.5 Å². The van der Waals surface area contributed by atoms with Gasteiger partial charge in [0.1, 0.15) is 4.90 Å². The molecule has 1 aliphatic rings. The maximum Gasteiger partial charge on any atom is 0.264 e. The van der Waals surface area contributed by atoms with E-state index in [2.05, 4.69) is 15.0 Å². The molecule has 3 aromatic rings. The highest BCUT2D eigenvalue weighted by Crippen LogP contribution is 2.36. The molecule has 0 unspecified atom stereocenters. The molecular formula is C22H18ClN3O3S2. The average Bonchev–Trinajstić information content (AvgIpc) is 2.73. The third kappa shape index (κ3) is 4.92. The molecule has 158 valence electrons. The van der Waals surface area contributed by atoms with E-state index in [1.54, 1.807) is 12.1 Å². The van der Waals surface area contributed by atoms with Crippen LogP contribution < -0.4 is 10.0 Å². The summed E-state index contributed by atoms with van der Waals surface area (Å²) < 4.78 is 28.1. The van der Waals surface area contributed by atoms with Crippen LogP contribution in [0.4, 0.5) is 5.69 Å². The zero-order valence-electron chi connectivity index (χ0n) is 16.4. The van der Waals surface area contributed by atoms with Crippen molar-refractivity contribution in [1.29, 1.82) is 0 Å². The van der Waals surface area contributed by atoms with Crippen molar-refractivity contribution in [2.45, 2.75) is 23.3 Å². The second-order valence-corrected chi connectivity index (χ2v) is 10.0. The molecule has 4 rings (SSSR count). The molecule has 0 radical (unpaired) electrons. The zero-order chi connectivity index (χ0) is 22.0. The summed E-state index contributed by atoms with van der Waals surface area (Å²) in [7, 11) is -3.89. The quantitative estimate of drug-likeness (QED) is 0.569. The number of hydrogen-bond acceptors (Lipinski definition) is 5. The first kappa shape index (κ1) is 21.4. The van der Waals surface area contributed by atoms with E-state index in [0.717, 1.165) is 22.9 Å². The second kappa shape index (κ2) is 8.74. The SMILES string of the molecule is Cc1ccc(NC(=O)c2cc3c(cc2Cl)SC(=NCc2ccccc2)NS3(=O)=O)cc1. The van der Waals surface area contributed by atoms with Crippen LogP contribution in [-0.2, 0) is 16.6 Å². The average molecular weight is 472 g/mol. The van der Waals surface area contributed by atoms with Crippen LogP contribution >= 0.6 is 23.4 Å². The van der Waals surface area contributed by atoms with Gasteiger partial charge in [-0.05, 0) is 36.8 Å². The molecule has 3 aromatic carbocycles. The molecule has 0 fully saturated rings. The van der Waals surface area contributed by atoms with Crippen LogP contribution in [0.3, 0.4) is 0 Å². The first-order valence-corrected chi connectivity index (χ1v) is 12.0. The van der Waals surface area contributed by atoms with Crippen molar-refractivity contribution in [3.63, 3.8) is 0 Å². The van der Waals surface area contributed by atoms with Crippen LogP contribution in [0, 0.1) is 6.92 Å². The number of carbonyl (C=O) groups excluding carboxylic acids is 1. The Hall–Kier alpha value is -2.81. The minimum Gasteiger partial charge on any atom is -0.322 e. The third-order valence-corrected chi connectivity index (χ3v) is 7.49. The number of thioether (sulfide) groups is 1. The Morgan fingerprint density at radius 1 is 1.10 bits per heavy atom. The normalized spacial score (nSPS) is 15.7. The number of anilines is 1. The summed E-state index contributed by atoms with van der Waals surface area (Å²) >= 11 is 7.49. The largest absolute Gasteiger partial charge is 0.322 e. The first-order chi connectivity index (χ1) is 14.8. The predicted octanol–water partition coefficient (Wildman–Crippen LogP) is 4.84. The summed E-state index contributed by atoms with van der Waals surface area (Å²) in [5.74, 6) is -0.486. The number of nitrogens with zero attached hydrogens (tertiary/aromatic N) is 1. The van der Waals surface area contributed by atoms with E-state index in [1.165, 1.54) is 12.1 Å². The lowest BCUT2D eigenvalue weighted by atomic mass is 10.2. The Morgan fingerprint density at radius 2 is 1.81 bits per heavy atom. The number of nitrogens with one attached hydrogen (secondary N) is 2. The van der Waals surface area contributed by atoms with Gasteiger partial charge in [0.2, 0.25) is 0 Å². The Labute approximate surface area is 189 Å². The summed E-state index contributed by atoms with van der Waals surface area (Å²) in [5.41, 5.74) is 2.69. The van der Waals surface area contributed by atoms with Crippen molar-refractivity contribution in [1.82, 2.24) is 4.72 Å². The smallest absolute Gasteiger partial charge is 0.264 e. The summed E-state index contributed by atoms with van der Waals surface area (Å²) in [6.45, 7) is 2.28. The number of sulfonamides is 1. The molecule has 1 heterocycles. The lowest BCUT2D eigenvalue weighted by Crippen LogP contribution is -2.33. The van der Waals surface area contributed by atoms with Crippen LogP contribution in [0.2, 0.25) is 5.02 Å². The molecule has 0 spiro atoms. The van der Waals surface area contributed by atoms with Crippen LogP contribution in [0.5, 0.6) is 0 Å². The molecule has 0 aliphatic carbocycles. The van der Waals surface area contributed by atoms with Crippen molar-refractivity contribution in [2.24, 2.45) is 4.99 Å². The van der Waals surface area contributed by atoms with Crippen LogP contribution in [-0.4, -0.2) is 19.5 Å². The molecule has 0 saturated carbocycles.